The largest absolute Gasteiger partial charge is 0.474 e. The number of carbonyl (C=O) groups excluding carboxylic acids is 1. The number of aromatic nitrogens is 6. The molecule has 1 atom stereocenters. The molecule has 4 aromatic rings. The Kier molecular flexibility index (Phi) is 4.47. The Morgan fingerprint density at radius 2 is 2.09 bits per heavy atom. The van der Waals surface area contributed by atoms with Crippen molar-refractivity contribution in [1.82, 2.24) is 29.0 Å². The first kappa shape index (κ1) is 21.0. The number of aryl methyl sites for hydroxylation is 1. The number of fused-ring (bicyclic) bond motifs is 3. The molecule has 2 aliphatic heterocycles. The monoisotopic (exact) mass is 461 g/mol. The molecule has 0 aromatic carbocycles. The SMILES string of the molecule is CC[C@@H](C)Oc1nc2nc(C34COC(C)(C3)C4)cn2cc1C(=O)Nc1cnn2cc(C)cnc12. The van der Waals surface area contributed by atoms with Crippen molar-refractivity contribution in [3.8, 4) is 5.88 Å². The summed E-state index contributed by atoms with van der Waals surface area (Å²) >= 11 is 0. The minimum Gasteiger partial charge on any atom is -0.474 e. The minimum absolute atomic E-state index is 0.0416. The second-order valence-corrected chi connectivity index (χ2v) is 9.91. The smallest absolute Gasteiger partial charge is 0.262 e. The lowest BCUT2D eigenvalue weighted by molar-refractivity contribution is 0.0154. The van der Waals surface area contributed by atoms with E-state index in [1.165, 1.54) is 0 Å². The second kappa shape index (κ2) is 7.23. The molecule has 176 valence electrons. The van der Waals surface area contributed by atoms with E-state index in [-0.39, 0.29) is 28.9 Å². The van der Waals surface area contributed by atoms with Crippen LogP contribution in [0.1, 0.15) is 61.6 Å². The molecule has 6 heterocycles. The average molecular weight is 462 g/mol. The molecule has 4 aromatic heterocycles. The van der Waals surface area contributed by atoms with Gasteiger partial charge in [0.2, 0.25) is 11.7 Å². The van der Waals surface area contributed by atoms with Crippen LogP contribution in [0.4, 0.5) is 5.69 Å². The van der Waals surface area contributed by atoms with E-state index in [2.05, 4.69) is 27.3 Å². The number of rotatable bonds is 6. The van der Waals surface area contributed by atoms with Crippen molar-refractivity contribution < 1.29 is 14.3 Å². The molecule has 3 aliphatic rings. The number of amides is 1. The number of hydrogen-bond acceptors (Lipinski definition) is 7. The summed E-state index contributed by atoms with van der Waals surface area (Å²) in [6.45, 7) is 8.72. The molecule has 0 unspecified atom stereocenters. The topological polar surface area (TPSA) is 108 Å². The highest BCUT2D eigenvalue weighted by molar-refractivity contribution is 6.07. The summed E-state index contributed by atoms with van der Waals surface area (Å²) in [7, 11) is 0. The first-order valence-corrected chi connectivity index (χ1v) is 11.6. The number of nitrogens with zero attached hydrogens (tertiary/aromatic N) is 6. The maximum atomic E-state index is 13.4. The maximum absolute atomic E-state index is 13.4. The number of ether oxygens (including phenoxy) is 2. The summed E-state index contributed by atoms with van der Waals surface area (Å²) in [6, 6.07) is 0. The van der Waals surface area contributed by atoms with E-state index in [0.29, 0.717) is 29.3 Å². The molecule has 10 heteroatoms. The van der Waals surface area contributed by atoms with Gasteiger partial charge in [0.1, 0.15) is 11.3 Å². The van der Waals surface area contributed by atoms with Crippen LogP contribution in [0, 0.1) is 6.92 Å². The molecule has 1 aliphatic carbocycles. The van der Waals surface area contributed by atoms with Crippen LogP contribution in [0.25, 0.3) is 11.4 Å². The van der Waals surface area contributed by atoms with Gasteiger partial charge in [0, 0.05) is 30.2 Å². The highest BCUT2D eigenvalue weighted by Gasteiger charge is 2.61. The molecular formula is C24H27N7O3. The Bertz CT molecular complexity index is 1430. The summed E-state index contributed by atoms with van der Waals surface area (Å²) < 4.78 is 15.4. The lowest BCUT2D eigenvalue weighted by Crippen LogP contribution is -2.45. The minimum atomic E-state index is -0.348. The Hall–Kier alpha value is -3.53. The predicted octanol–water partition coefficient (Wildman–Crippen LogP) is 3.33. The number of hydrogen-bond donors (Lipinski definition) is 1. The van der Waals surface area contributed by atoms with Crippen LogP contribution in [-0.4, -0.2) is 53.2 Å². The summed E-state index contributed by atoms with van der Waals surface area (Å²) in [4.78, 5) is 27.2. The first-order valence-electron chi connectivity index (χ1n) is 11.6. The van der Waals surface area contributed by atoms with Gasteiger partial charge in [-0.15, -0.1) is 0 Å². The highest BCUT2D eigenvalue weighted by atomic mass is 16.5. The van der Waals surface area contributed by atoms with Gasteiger partial charge in [0.25, 0.3) is 5.91 Å². The van der Waals surface area contributed by atoms with Gasteiger partial charge >= 0.3 is 0 Å². The lowest BCUT2D eigenvalue weighted by atomic mass is 9.62. The zero-order valence-corrected chi connectivity index (χ0v) is 19.7. The van der Waals surface area contributed by atoms with E-state index in [4.69, 9.17) is 14.5 Å². The lowest BCUT2D eigenvalue weighted by Gasteiger charge is -2.41. The molecule has 2 bridgehead atoms. The normalized spacial score (nSPS) is 24.4. The third-order valence-corrected chi connectivity index (χ3v) is 6.94. The molecule has 34 heavy (non-hydrogen) atoms. The van der Waals surface area contributed by atoms with Gasteiger partial charge in [0.05, 0.1) is 30.2 Å². The number of carbonyl (C=O) groups is 1. The fraction of sp³-hybridized carbons (Fsp3) is 0.458. The van der Waals surface area contributed by atoms with E-state index < -0.39 is 0 Å². The van der Waals surface area contributed by atoms with Gasteiger partial charge in [-0.25, -0.2) is 14.5 Å². The van der Waals surface area contributed by atoms with E-state index >= 15 is 0 Å². The fourth-order valence-electron chi connectivity index (χ4n) is 5.08. The first-order chi connectivity index (χ1) is 16.3. The van der Waals surface area contributed by atoms with Crippen LogP contribution >= 0.6 is 0 Å². The van der Waals surface area contributed by atoms with Gasteiger partial charge < -0.3 is 14.8 Å². The van der Waals surface area contributed by atoms with E-state index in [1.807, 2.05) is 33.2 Å². The van der Waals surface area contributed by atoms with Crippen LogP contribution in [0.3, 0.4) is 0 Å². The van der Waals surface area contributed by atoms with Crippen molar-refractivity contribution in [2.24, 2.45) is 0 Å². The zero-order valence-electron chi connectivity index (χ0n) is 19.7. The van der Waals surface area contributed by atoms with Crippen molar-refractivity contribution in [3.63, 3.8) is 0 Å². The molecule has 0 spiro atoms. The van der Waals surface area contributed by atoms with Gasteiger partial charge in [0.15, 0.2) is 5.65 Å². The standard InChI is InChI=1S/C24H27N7O3/c1-5-15(3)34-21-16(20(32)27-17-7-26-31-8-14(2)6-25-19(17)31)9-30-10-18(28-22(30)29-21)24-11-23(4,12-24)33-13-24/h6-10,15H,5,11-13H2,1-4H3,(H,27,32)/t15-,23?,24?/m1/s1. The van der Waals surface area contributed by atoms with Gasteiger partial charge in [-0.1, -0.05) is 6.92 Å². The Balaban J connectivity index is 1.37. The summed E-state index contributed by atoms with van der Waals surface area (Å²) in [5.74, 6) is 0.419. The summed E-state index contributed by atoms with van der Waals surface area (Å²) in [5.41, 5.74) is 3.22. The highest BCUT2D eigenvalue weighted by Crippen LogP contribution is 2.58. The van der Waals surface area contributed by atoms with Gasteiger partial charge in [-0.2, -0.15) is 10.1 Å². The predicted molar refractivity (Wildman–Crippen MR) is 124 cm³/mol. The zero-order chi connectivity index (χ0) is 23.7. The Morgan fingerprint density at radius 3 is 2.82 bits per heavy atom. The quantitative estimate of drug-likeness (QED) is 0.469. The van der Waals surface area contributed by atoms with Crippen molar-refractivity contribution in [3.05, 3.63) is 47.8 Å². The number of anilines is 1. The molecule has 1 saturated carbocycles. The molecule has 10 nitrogen and oxygen atoms in total. The van der Waals surface area contributed by atoms with Gasteiger partial charge in [-0.05, 0) is 45.6 Å². The Labute approximate surface area is 196 Å². The molecule has 0 radical (unpaired) electrons. The second-order valence-electron chi connectivity index (χ2n) is 9.91. The summed E-state index contributed by atoms with van der Waals surface area (Å²) in [6.07, 6.45) is 11.5. The van der Waals surface area contributed by atoms with E-state index in [1.54, 1.807) is 27.5 Å². The van der Waals surface area contributed by atoms with Crippen molar-refractivity contribution in [2.45, 2.75) is 64.1 Å². The van der Waals surface area contributed by atoms with Crippen LogP contribution < -0.4 is 10.1 Å². The third kappa shape index (κ3) is 3.24. The molecule has 7 rings (SSSR count). The molecule has 1 amide bonds. The van der Waals surface area contributed by atoms with Crippen LogP contribution in [0.15, 0.2) is 31.0 Å². The molecule has 3 fully saturated rings. The third-order valence-electron chi connectivity index (χ3n) is 6.94. The molecule has 1 N–H and O–H groups in total. The molecule has 2 saturated heterocycles. The van der Waals surface area contributed by atoms with Crippen molar-refractivity contribution in [2.75, 3.05) is 11.9 Å². The van der Waals surface area contributed by atoms with Crippen LogP contribution in [-0.2, 0) is 10.2 Å². The summed E-state index contributed by atoms with van der Waals surface area (Å²) in [5, 5.41) is 7.21. The van der Waals surface area contributed by atoms with Gasteiger partial charge in [-0.3, -0.25) is 9.20 Å². The number of imidazole rings is 1. The van der Waals surface area contributed by atoms with E-state index in [9.17, 15) is 4.79 Å². The average Bonchev–Trinajstić information content (AvgIpc) is 3.54. The number of nitrogens with one attached hydrogen (secondary N) is 1. The van der Waals surface area contributed by atoms with Crippen LogP contribution in [0.2, 0.25) is 0 Å². The molecular weight excluding hydrogens is 434 g/mol. The van der Waals surface area contributed by atoms with Crippen molar-refractivity contribution in [1.29, 1.82) is 0 Å². The van der Waals surface area contributed by atoms with E-state index in [0.717, 1.165) is 30.5 Å². The Morgan fingerprint density at radius 1 is 1.26 bits per heavy atom. The van der Waals surface area contributed by atoms with Crippen molar-refractivity contribution >= 4 is 23.0 Å². The maximum Gasteiger partial charge on any atom is 0.262 e. The fourth-order valence-corrected chi connectivity index (χ4v) is 5.08. The van der Waals surface area contributed by atoms with Crippen LogP contribution in [0.5, 0.6) is 5.88 Å².